The Bertz CT molecular complexity index is 626. The molecule has 0 saturated carbocycles. The lowest BCUT2D eigenvalue weighted by Crippen LogP contribution is -1.95. The molecule has 0 aliphatic heterocycles. The number of hydrogen-bond acceptors (Lipinski definition) is 1. The predicted molar refractivity (Wildman–Crippen MR) is 70.2 cm³/mol. The Morgan fingerprint density at radius 1 is 1.06 bits per heavy atom. The van der Waals surface area contributed by atoms with Crippen LogP contribution in [-0.4, -0.2) is 9.97 Å². The van der Waals surface area contributed by atoms with Gasteiger partial charge in [-0.15, -0.1) is 11.6 Å². The van der Waals surface area contributed by atoms with Gasteiger partial charge in [0, 0.05) is 29.0 Å². The summed E-state index contributed by atoms with van der Waals surface area (Å²) < 4.78 is 0. The SMILES string of the molecule is ClC(c1ccc[nH]1)c1cccc2cccnc12. The number of halogens is 1. The molecule has 3 rings (SSSR count). The fourth-order valence-corrected chi connectivity index (χ4v) is 2.31. The third kappa shape index (κ3) is 1.81. The normalized spacial score (nSPS) is 12.8. The number of nitrogens with zero attached hydrogens (tertiary/aromatic N) is 1. The van der Waals surface area contributed by atoms with Gasteiger partial charge in [-0.05, 0) is 18.2 Å². The largest absolute Gasteiger partial charge is 0.363 e. The molecule has 3 aromatic rings. The van der Waals surface area contributed by atoms with Crippen LogP contribution in [-0.2, 0) is 0 Å². The molecule has 1 aromatic carbocycles. The lowest BCUT2D eigenvalue weighted by molar-refractivity contribution is 1.07. The Hall–Kier alpha value is -1.80. The Kier molecular flexibility index (Phi) is 2.57. The molecule has 1 unspecified atom stereocenters. The van der Waals surface area contributed by atoms with Gasteiger partial charge in [-0.3, -0.25) is 4.98 Å². The molecule has 2 heterocycles. The Balaban J connectivity index is 2.17. The van der Waals surface area contributed by atoms with E-state index in [1.54, 1.807) is 6.20 Å². The van der Waals surface area contributed by atoms with Gasteiger partial charge >= 0.3 is 0 Å². The minimum absolute atomic E-state index is 0.191. The van der Waals surface area contributed by atoms with E-state index in [2.05, 4.69) is 9.97 Å². The molecule has 1 atom stereocenters. The lowest BCUT2D eigenvalue weighted by atomic mass is 10.1. The van der Waals surface area contributed by atoms with Gasteiger partial charge in [-0.1, -0.05) is 24.3 Å². The first-order valence-electron chi connectivity index (χ1n) is 5.47. The van der Waals surface area contributed by atoms with Crippen molar-refractivity contribution >= 4 is 22.5 Å². The molecule has 0 aliphatic carbocycles. The fourth-order valence-electron chi connectivity index (χ4n) is 2.00. The number of para-hydroxylation sites is 1. The Morgan fingerprint density at radius 2 is 1.94 bits per heavy atom. The first kappa shape index (κ1) is 10.4. The van der Waals surface area contributed by atoms with Crippen molar-refractivity contribution in [2.75, 3.05) is 0 Å². The molecule has 17 heavy (non-hydrogen) atoms. The molecule has 0 saturated heterocycles. The zero-order chi connectivity index (χ0) is 11.7. The highest BCUT2D eigenvalue weighted by Crippen LogP contribution is 2.31. The zero-order valence-corrected chi connectivity index (χ0v) is 9.85. The minimum Gasteiger partial charge on any atom is -0.363 e. The summed E-state index contributed by atoms with van der Waals surface area (Å²) in [6.07, 6.45) is 3.67. The van der Waals surface area contributed by atoms with Crippen molar-refractivity contribution in [1.29, 1.82) is 0 Å². The highest BCUT2D eigenvalue weighted by molar-refractivity contribution is 6.23. The molecule has 84 valence electrons. The molecule has 2 aromatic heterocycles. The number of hydrogen-bond donors (Lipinski definition) is 1. The Labute approximate surface area is 104 Å². The van der Waals surface area contributed by atoms with Gasteiger partial charge in [0.05, 0.1) is 5.52 Å². The second-order valence-electron chi connectivity index (χ2n) is 3.91. The smallest absolute Gasteiger partial charge is 0.100 e. The van der Waals surface area contributed by atoms with Crippen molar-refractivity contribution in [3.63, 3.8) is 0 Å². The summed E-state index contributed by atoms with van der Waals surface area (Å²) in [4.78, 5) is 7.55. The first-order valence-corrected chi connectivity index (χ1v) is 5.91. The summed E-state index contributed by atoms with van der Waals surface area (Å²) in [5.74, 6) is 0. The number of nitrogens with one attached hydrogen (secondary N) is 1. The second kappa shape index (κ2) is 4.22. The van der Waals surface area contributed by atoms with Gasteiger partial charge in [0.25, 0.3) is 0 Å². The molecule has 1 N–H and O–H groups in total. The molecule has 3 heteroatoms. The highest BCUT2D eigenvalue weighted by Gasteiger charge is 2.14. The van der Waals surface area contributed by atoms with E-state index in [0.717, 1.165) is 22.2 Å². The number of fused-ring (bicyclic) bond motifs is 1. The topological polar surface area (TPSA) is 28.7 Å². The third-order valence-electron chi connectivity index (χ3n) is 2.83. The van der Waals surface area contributed by atoms with Crippen molar-refractivity contribution < 1.29 is 0 Å². The van der Waals surface area contributed by atoms with Gasteiger partial charge in [-0.2, -0.15) is 0 Å². The van der Waals surface area contributed by atoms with Crippen LogP contribution in [0.15, 0.2) is 54.9 Å². The number of alkyl halides is 1. The van der Waals surface area contributed by atoms with E-state index in [4.69, 9.17) is 11.6 Å². The first-order chi connectivity index (χ1) is 8.36. The molecule has 0 bridgehead atoms. The van der Waals surface area contributed by atoms with Crippen LogP contribution in [0.3, 0.4) is 0 Å². The molecule has 0 fully saturated rings. The van der Waals surface area contributed by atoms with E-state index in [9.17, 15) is 0 Å². The minimum atomic E-state index is -0.191. The van der Waals surface area contributed by atoms with Crippen molar-refractivity contribution in [1.82, 2.24) is 9.97 Å². The van der Waals surface area contributed by atoms with E-state index in [-0.39, 0.29) is 5.38 Å². The summed E-state index contributed by atoms with van der Waals surface area (Å²) in [6.45, 7) is 0. The van der Waals surface area contributed by atoms with E-state index < -0.39 is 0 Å². The van der Waals surface area contributed by atoms with Crippen LogP contribution < -0.4 is 0 Å². The van der Waals surface area contributed by atoms with E-state index in [0.29, 0.717) is 0 Å². The molecule has 0 aliphatic rings. The maximum absolute atomic E-state index is 6.48. The van der Waals surface area contributed by atoms with Gasteiger partial charge in [-0.25, -0.2) is 0 Å². The van der Waals surface area contributed by atoms with Gasteiger partial charge < -0.3 is 4.98 Å². The quantitative estimate of drug-likeness (QED) is 0.679. The number of aromatic amines is 1. The van der Waals surface area contributed by atoms with Crippen LogP contribution in [0.5, 0.6) is 0 Å². The van der Waals surface area contributed by atoms with Crippen molar-refractivity contribution in [3.8, 4) is 0 Å². The zero-order valence-electron chi connectivity index (χ0n) is 9.10. The summed E-state index contributed by atoms with van der Waals surface area (Å²) in [5, 5.41) is 0.922. The Morgan fingerprint density at radius 3 is 2.76 bits per heavy atom. The summed E-state index contributed by atoms with van der Waals surface area (Å²) >= 11 is 6.48. The van der Waals surface area contributed by atoms with Gasteiger partial charge in [0.1, 0.15) is 5.38 Å². The second-order valence-corrected chi connectivity index (χ2v) is 4.35. The number of H-pyrrole nitrogens is 1. The third-order valence-corrected chi connectivity index (χ3v) is 3.30. The number of aromatic nitrogens is 2. The van der Waals surface area contributed by atoms with Crippen molar-refractivity contribution in [2.45, 2.75) is 5.38 Å². The van der Waals surface area contributed by atoms with Crippen LogP contribution in [0.25, 0.3) is 10.9 Å². The summed E-state index contributed by atoms with van der Waals surface area (Å²) in [6, 6.07) is 14.0. The molecule has 0 radical (unpaired) electrons. The van der Waals surface area contributed by atoms with Crippen LogP contribution in [0.4, 0.5) is 0 Å². The molecule has 2 nitrogen and oxygen atoms in total. The van der Waals surface area contributed by atoms with Crippen LogP contribution in [0.2, 0.25) is 0 Å². The monoisotopic (exact) mass is 242 g/mol. The van der Waals surface area contributed by atoms with Crippen LogP contribution in [0.1, 0.15) is 16.6 Å². The molecular weight excluding hydrogens is 232 g/mol. The number of rotatable bonds is 2. The van der Waals surface area contributed by atoms with E-state index in [1.165, 1.54) is 0 Å². The number of benzene rings is 1. The van der Waals surface area contributed by atoms with Crippen LogP contribution in [0, 0.1) is 0 Å². The maximum Gasteiger partial charge on any atom is 0.100 e. The summed E-state index contributed by atoms with van der Waals surface area (Å²) in [5.41, 5.74) is 2.99. The average molecular weight is 243 g/mol. The van der Waals surface area contributed by atoms with Gasteiger partial charge in [0.2, 0.25) is 0 Å². The van der Waals surface area contributed by atoms with E-state index >= 15 is 0 Å². The van der Waals surface area contributed by atoms with Gasteiger partial charge in [0.15, 0.2) is 0 Å². The maximum atomic E-state index is 6.48. The number of pyridine rings is 1. The molecule has 0 spiro atoms. The predicted octanol–water partition coefficient (Wildman–Crippen LogP) is 3.89. The standard InChI is InChI=1S/C14H11ClN2/c15-13(12-7-3-8-16-12)11-6-1-4-10-5-2-9-17-14(10)11/h1-9,13,16H. The van der Waals surface area contributed by atoms with Crippen molar-refractivity contribution in [2.24, 2.45) is 0 Å². The van der Waals surface area contributed by atoms with E-state index in [1.807, 2.05) is 48.7 Å². The van der Waals surface area contributed by atoms with Crippen LogP contribution >= 0.6 is 11.6 Å². The lowest BCUT2D eigenvalue weighted by Gasteiger charge is -2.10. The molecular formula is C14H11ClN2. The van der Waals surface area contributed by atoms with Crippen molar-refractivity contribution in [3.05, 3.63) is 66.1 Å². The fraction of sp³-hybridized carbons (Fsp3) is 0.0714. The summed E-state index contributed by atoms with van der Waals surface area (Å²) in [7, 11) is 0. The molecule has 0 amide bonds. The highest BCUT2D eigenvalue weighted by atomic mass is 35.5. The average Bonchev–Trinajstić information content (AvgIpc) is 2.91.